The zero-order valence-corrected chi connectivity index (χ0v) is 16.5. The van der Waals surface area contributed by atoms with E-state index in [9.17, 15) is 19.5 Å². The smallest absolute Gasteiger partial charge is 0.335 e. The Morgan fingerprint density at radius 1 is 1.07 bits per heavy atom. The molecule has 2 N–H and O–H groups in total. The average molecular weight is 396 g/mol. The molecular weight excluding hydrogens is 372 g/mol. The van der Waals surface area contributed by atoms with Gasteiger partial charge in [0.25, 0.3) is 5.91 Å². The number of hydrogen-bond donors (Lipinski definition) is 2. The molecule has 2 aromatic rings. The zero-order chi connectivity index (χ0) is 21.0. The van der Waals surface area contributed by atoms with Crippen LogP contribution in [-0.4, -0.2) is 48.0 Å². The summed E-state index contributed by atoms with van der Waals surface area (Å²) in [4.78, 5) is 38.3. The van der Waals surface area contributed by atoms with E-state index in [1.165, 1.54) is 12.1 Å². The first-order chi connectivity index (χ1) is 13.9. The van der Waals surface area contributed by atoms with Gasteiger partial charge < -0.3 is 20.1 Å². The van der Waals surface area contributed by atoms with Crippen molar-refractivity contribution in [3.63, 3.8) is 0 Å². The van der Waals surface area contributed by atoms with Gasteiger partial charge >= 0.3 is 5.97 Å². The molecule has 0 radical (unpaired) electrons. The predicted molar refractivity (Wildman–Crippen MR) is 108 cm³/mol. The maximum Gasteiger partial charge on any atom is 0.335 e. The van der Waals surface area contributed by atoms with Crippen LogP contribution in [0.1, 0.15) is 39.1 Å². The summed E-state index contributed by atoms with van der Waals surface area (Å²) in [7, 11) is 1.55. The first-order valence-corrected chi connectivity index (χ1v) is 9.47. The van der Waals surface area contributed by atoms with Crippen LogP contribution in [0.5, 0.6) is 5.75 Å². The van der Waals surface area contributed by atoms with Crippen molar-refractivity contribution in [2.45, 2.75) is 19.8 Å². The number of carboxylic acids is 1. The molecule has 0 atom stereocenters. The third kappa shape index (κ3) is 4.74. The van der Waals surface area contributed by atoms with Gasteiger partial charge in [0, 0.05) is 24.6 Å². The molecule has 1 aliphatic heterocycles. The minimum Gasteiger partial charge on any atom is -0.495 e. The number of carboxylic acid groups (broad SMARTS) is 1. The highest BCUT2D eigenvalue weighted by Gasteiger charge is 2.28. The van der Waals surface area contributed by atoms with Crippen LogP contribution in [0, 0.1) is 12.8 Å². The summed E-state index contributed by atoms with van der Waals surface area (Å²) < 4.78 is 5.26. The van der Waals surface area contributed by atoms with Crippen LogP contribution >= 0.6 is 0 Å². The van der Waals surface area contributed by atoms with E-state index in [-0.39, 0.29) is 23.3 Å². The molecule has 0 bridgehead atoms. The fourth-order valence-electron chi connectivity index (χ4n) is 3.54. The van der Waals surface area contributed by atoms with E-state index in [1.54, 1.807) is 37.1 Å². The van der Waals surface area contributed by atoms with Crippen molar-refractivity contribution in [1.82, 2.24) is 4.90 Å². The number of piperidine rings is 1. The second-order valence-corrected chi connectivity index (χ2v) is 7.15. The molecule has 0 aliphatic carbocycles. The van der Waals surface area contributed by atoms with Crippen LogP contribution in [0.4, 0.5) is 5.69 Å². The summed E-state index contributed by atoms with van der Waals surface area (Å²) in [6.07, 6.45) is 1.09. The van der Waals surface area contributed by atoms with E-state index in [0.29, 0.717) is 42.9 Å². The Kier molecular flexibility index (Phi) is 6.16. The third-order valence-corrected chi connectivity index (χ3v) is 5.09. The number of methoxy groups -OCH3 is 1. The Labute approximate surface area is 169 Å². The molecule has 1 heterocycles. The molecule has 7 nitrogen and oxygen atoms in total. The first kappa shape index (κ1) is 20.4. The van der Waals surface area contributed by atoms with Gasteiger partial charge in [-0.2, -0.15) is 0 Å². The largest absolute Gasteiger partial charge is 0.495 e. The Morgan fingerprint density at radius 2 is 1.72 bits per heavy atom. The number of ether oxygens (including phenoxy) is 1. The van der Waals surface area contributed by atoms with Crippen molar-refractivity contribution >= 4 is 23.5 Å². The average Bonchev–Trinajstić information content (AvgIpc) is 2.73. The second-order valence-electron chi connectivity index (χ2n) is 7.15. The molecule has 0 saturated carbocycles. The molecule has 1 fully saturated rings. The lowest BCUT2D eigenvalue weighted by atomic mass is 9.95. The van der Waals surface area contributed by atoms with Crippen LogP contribution in [0.2, 0.25) is 0 Å². The summed E-state index contributed by atoms with van der Waals surface area (Å²) >= 11 is 0. The number of anilines is 1. The van der Waals surface area contributed by atoms with E-state index < -0.39 is 5.97 Å². The van der Waals surface area contributed by atoms with E-state index in [1.807, 2.05) is 12.1 Å². The third-order valence-electron chi connectivity index (χ3n) is 5.09. The standard InChI is InChI=1S/C22H24N2O5/c1-14-11-16(13-17(12-14)22(27)28)21(26)24-9-7-15(8-10-24)20(25)23-18-5-3-4-6-19(18)29-2/h3-6,11-13,15H,7-10H2,1-2H3,(H,23,25)(H,27,28). The molecule has 0 unspecified atom stereocenters. The molecule has 2 aromatic carbocycles. The number of nitrogens with one attached hydrogen (secondary N) is 1. The highest BCUT2D eigenvalue weighted by molar-refractivity contribution is 5.98. The maximum absolute atomic E-state index is 12.8. The highest BCUT2D eigenvalue weighted by atomic mass is 16.5. The summed E-state index contributed by atoms with van der Waals surface area (Å²) in [5.74, 6) is -0.960. The van der Waals surface area contributed by atoms with Gasteiger partial charge in [0.05, 0.1) is 18.4 Å². The van der Waals surface area contributed by atoms with Crippen LogP contribution in [0.15, 0.2) is 42.5 Å². The monoisotopic (exact) mass is 396 g/mol. The number of carbonyl (C=O) groups excluding carboxylic acids is 2. The Morgan fingerprint density at radius 3 is 2.38 bits per heavy atom. The number of amides is 2. The number of aromatic carboxylic acids is 1. The topological polar surface area (TPSA) is 95.9 Å². The maximum atomic E-state index is 12.8. The van der Waals surface area contributed by atoms with Gasteiger partial charge in [-0.15, -0.1) is 0 Å². The van der Waals surface area contributed by atoms with Crippen LogP contribution in [-0.2, 0) is 4.79 Å². The lowest BCUT2D eigenvalue weighted by Gasteiger charge is -2.31. The summed E-state index contributed by atoms with van der Waals surface area (Å²) in [5.41, 5.74) is 1.80. The lowest BCUT2D eigenvalue weighted by Crippen LogP contribution is -2.41. The zero-order valence-electron chi connectivity index (χ0n) is 16.5. The lowest BCUT2D eigenvalue weighted by molar-refractivity contribution is -0.121. The van der Waals surface area contributed by atoms with E-state index >= 15 is 0 Å². The fourth-order valence-corrected chi connectivity index (χ4v) is 3.54. The Balaban J connectivity index is 1.62. The van der Waals surface area contributed by atoms with Gasteiger partial charge in [-0.05, 0) is 55.7 Å². The van der Waals surface area contributed by atoms with Gasteiger partial charge in [0.15, 0.2) is 0 Å². The van der Waals surface area contributed by atoms with E-state index in [0.717, 1.165) is 5.56 Å². The van der Waals surface area contributed by atoms with Gasteiger partial charge in [0.2, 0.25) is 5.91 Å². The number of rotatable bonds is 5. The van der Waals surface area contributed by atoms with Crippen molar-refractivity contribution in [2.24, 2.45) is 5.92 Å². The molecule has 152 valence electrons. The van der Waals surface area contributed by atoms with Crippen molar-refractivity contribution in [3.8, 4) is 5.75 Å². The summed E-state index contributed by atoms with van der Waals surface area (Å²) in [6.45, 7) is 2.65. The van der Waals surface area contributed by atoms with Crippen molar-refractivity contribution in [2.75, 3.05) is 25.5 Å². The molecule has 1 saturated heterocycles. The SMILES string of the molecule is COc1ccccc1NC(=O)C1CCN(C(=O)c2cc(C)cc(C(=O)O)c2)CC1. The number of aryl methyl sites for hydroxylation is 1. The van der Waals surface area contributed by atoms with E-state index in [2.05, 4.69) is 5.32 Å². The minimum absolute atomic E-state index is 0.0923. The van der Waals surface area contributed by atoms with Gasteiger partial charge in [0.1, 0.15) is 5.75 Å². The number of hydrogen-bond acceptors (Lipinski definition) is 4. The number of benzene rings is 2. The van der Waals surface area contributed by atoms with Crippen molar-refractivity contribution < 1.29 is 24.2 Å². The summed E-state index contributed by atoms with van der Waals surface area (Å²) in [6, 6.07) is 11.9. The van der Waals surface area contributed by atoms with Gasteiger partial charge in [-0.25, -0.2) is 4.79 Å². The van der Waals surface area contributed by atoms with E-state index in [4.69, 9.17) is 4.74 Å². The normalized spacial score (nSPS) is 14.3. The van der Waals surface area contributed by atoms with Crippen molar-refractivity contribution in [3.05, 3.63) is 59.2 Å². The van der Waals surface area contributed by atoms with Crippen molar-refractivity contribution in [1.29, 1.82) is 0 Å². The number of carbonyl (C=O) groups is 3. The van der Waals surface area contributed by atoms with Crippen LogP contribution in [0.3, 0.4) is 0 Å². The van der Waals surface area contributed by atoms with Gasteiger partial charge in [-0.1, -0.05) is 12.1 Å². The summed E-state index contributed by atoms with van der Waals surface area (Å²) in [5, 5.41) is 12.1. The minimum atomic E-state index is -1.06. The molecule has 7 heteroatoms. The Bertz CT molecular complexity index is 933. The first-order valence-electron chi connectivity index (χ1n) is 9.47. The Hall–Kier alpha value is -3.35. The molecule has 29 heavy (non-hydrogen) atoms. The number of likely N-dealkylation sites (tertiary alicyclic amines) is 1. The predicted octanol–water partition coefficient (Wildman–Crippen LogP) is 3.19. The fraction of sp³-hybridized carbons (Fsp3) is 0.318. The molecule has 2 amide bonds. The molecule has 0 aromatic heterocycles. The molecule has 0 spiro atoms. The molecule has 1 aliphatic rings. The van der Waals surface area contributed by atoms with Gasteiger partial charge in [-0.3, -0.25) is 9.59 Å². The molecular formula is C22H24N2O5. The number of nitrogens with zero attached hydrogens (tertiary/aromatic N) is 1. The highest BCUT2D eigenvalue weighted by Crippen LogP contribution is 2.26. The second kappa shape index (κ2) is 8.77. The quantitative estimate of drug-likeness (QED) is 0.809. The van der Waals surface area contributed by atoms with Crippen LogP contribution in [0.25, 0.3) is 0 Å². The number of para-hydroxylation sites is 2. The molecule has 3 rings (SSSR count). The van der Waals surface area contributed by atoms with Crippen LogP contribution < -0.4 is 10.1 Å².